The second-order valence-corrected chi connectivity index (χ2v) is 5.78. The predicted octanol–water partition coefficient (Wildman–Crippen LogP) is 4.65. The molecule has 2 aromatic rings. The third-order valence-corrected chi connectivity index (χ3v) is 3.78. The van der Waals surface area contributed by atoms with Gasteiger partial charge >= 0.3 is 0 Å². The zero-order chi connectivity index (χ0) is 13.1. The first-order valence-electron chi connectivity index (χ1n) is 5.82. The average Bonchev–Trinajstić information content (AvgIpc) is 2.32. The van der Waals surface area contributed by atoms with Gasteiger partial charge in [-0.25, -0.2) is 0 Å². The van der Waals surface area contributed by atoms with E-state index in [0.29, 0.717) is 0 Å². The standard InChI is InChI=1S/C15H15BrClN/c1-10-2-7-13(14(17)8-10)15(18)9-11-3-5-12(16)6-4-11/h2-8,15H,9,18H2,1H3. The number of halogens is 2. The molecule has 0 saturated heterocycles. The van der Waals surface area contributed by atoms with Crippen LogP contribution in [0, 0.1) is 6.92 Å². The zero-order valence-corrected chi connectivity index (χ0v) is 12.5. The van der Waals surface area contributed by atoms with E-state index in [9.17, 15) is 0 Å². The number of rotatable bonds is 3. The highest BCUT2D eigenvalue weighted by Crippen LogP contribution is 2.25. The minimum atomic E-state index is -0.0701. The van der Waals surface area contributed by atoms with E-state index in [4.69, 9.17) is 17.3 Å². The molecule has 0 amide bonds. The molecule has 3 heteroatoms. The van der Waals surface area contributed by atoms with Crippen LogP contribution in [0.4, 0.5) is 0 Å². The number of aryl methyl sites for hydroxylation is 1. The fourth-order valence-electron chi connectivity index (χ4n) is 1.92. The lowest BCUT2D eigenvalue weighted by atomic mass is 9.99. The van der Waals surface area contributed by atoms with E-state index in [1.165, 1.54) is 5.56 Å². The first kappa shape index (κ1) is 13.6. The molecule has 0 spiro atoms. The van der Waals surface area contributed by atoms with Crippen LogP contribution in [0.15, 0.2) is 46.9 Å². The van der Waals surface area contributed by atoms with Crippen LogP contribution in [0.1, 0.15) is 22.7 Å². The van der Waals surface area contributed by atoms with Crippen LogP contribution < -0.4 is 5.73 Å². The minimum absolute atomic E-state index is 0.0701. The number of nitrogens with two attached hydrogens (primary N) is 1. The summed E-state index contributed by atoms with van der Waals surface area (Å²) in [6, 6.07) is 14.1. The number of hydrogen-bond acceptors (Lipinski definition) is 1. The third-order valence-electron chi connectivity index (χ3n) is 2.92. The van der Waals surface area contributed by atoms with Crippen molar-refractivity contribution in [2.75, 3.05) is 0 Å². The molecule has 2 rings (SSSR count). The molecule has 0 aromatic heterocycles. The van der Waals surface area contributed by atoms with Gasteiger partial charge in [-0.05, 0) is 48.2 Å². The third kappa shape index (κ3) is 3.35. The quantitative estimate of drug-likeness (QED) is 0.873. The fraction of sp³-hybridized carbons (Fsp3) is 0.200. The largest absolute Gasteiger partial charge is 0.324 e. The van der Waals surface area contributed by atoms with E-state index in [1.807, 2.05) is 37.3 Å². The first-order valence-corrected chi connectivity index (χ1v) is 6.99. The van der Waals surface area contributed by atoms with Crippen molar-refractivity contribution in [2.24, 2.45) is 5.73 Å². The summed E-state index contributed by atoms with van der Waals surface area (Å²) in [6.07, 6.45) is 0.788. The molecule has 0 radical (unpaired) electrons. The van der Waals surface area contributed by atoms with Gasteiger partial charge in [0.15, 0.2) is 0 Å². The molecule has 0 bridgehead atoms. The maximum atomic E-state index is 6.23. The van der Waals surface area contributed by atoms with Crippen LogP contribution in [-0.2, 0) is 6.42 Å². The van der Waals surface area contributed by atoms with E-state index in [2.05, 4.69) is 28.1 Å². The summed E-state index contributed by atoms with van der Waals surface area (Å²) in [4.78, 5) is 0. The maximum Gasteiger partial charge on any atom is 0.0456 e. The van der Waals surface area contributed by atoms with Crippen molar-refractivity contribution in [1.82, 2.24) is 0 Å². The van der Waals surface area contributed by atoms with E-state index in [-0.39, 0.29) is 6.04 Å². The van der Waals surface area contributed by atoms with E-state index >= 15 is 0 Å². The van der Waals surface area contributed by atoms with Crippen LogP contribution in [0.5, 0.6) is 0 Å². The van der Waals surface area contributed by atoms with Crippen LogP contribution in [0.2, 0.25) is 5.02 Å². The molecule has 1 nitrogen and oxygen atoms in total. The van der Waals surface area contributed by atoms with E-state index < -0.39 is 0 Å². The molecule has 1 unspecified atom stereocenters. The summed E-state index contributed by atoms with van der Waals surface area (Å²) in [6.45, 7) is 2.02. The number of hydrogen-bond donors (Lipinski definition) is 1. The highest BCUT2D eigenvalue weighted by molar-refractivity contribution is 9.10. The molecular formula is C15H15BrClN. The van der Waals surface area contributed by atoms with Gasteiger partial charge in [0.25, 0.3) is 0 Å². The summed E-state index contributed by atoms with van der Waals surface area (Å²) < 4.78 is 1.08. The molecule has 18 heavy (non-hydrogen) atoms. The summed E-state index contributed by atoms with van der Waals surface area (Å²) >= 11 is 9.65. The van der Waals surface area contributed by atoms with Crippen LogP contribution in [0.25, 0.3) is 0 Å². The smallest absolute Gasteiger partial charge is 0.0456 e. The summed E-state index contributed by atoms with van der Waals surface area (Å²) in [5, 5.41) is 0.750. The summed E-state index contributed by atoms with van der Waals surface area (Å²) in [5.74, 6) is 0. The highest BCUT2D eigenvalue weighted by Gasteiger charge is 2.10. The lowest BCUT2D eigenvalue weighted by molar-refractivity contribution is 0.722. The van der Waals surface area contributed by atoms with Gasteiger partial charge in [0.1, 0.15) is 0 Å². The van der Waals surface area contributed by atoms with Gasteiger partial charge in [0.2, 0.25) is 0 Å². The van der Waals surface area contributed by atoms with E-state index in [1.54, 1.807) is 0 Å². The Labute approximate surface area is 121 Å². The van der Waals surface area contributed by atoms with Crippen LogP contribution in [0.3, 0.4) is 0 Å². The van der Waals surface area contributed by atoms with Crippen molar-refractivity contribution >= 4 is 27.5 Å². The maximum absolute atomic E-state index is 6.23. The Morgan fingerprint density at radius 2 is 1.83 bits per heavy atom. The second-order valence-electron chi connectivity index (χ2n) is 4.46. The Morgan fingerprint density at radius 3 is 2.44 bits per heavy atom. The summed E-state index contributed by atoms with van der Waals surface area (Å²) in [5.41, 5.74) is 9.59. The first-order chi connectivity index (χ1) is 8.56. The van der Waals surface area contributed by atoms with Gasteiger partial charge in [-0.3, -0.25) is 0 Å². The fourth-order valence-corrected chi connectivity index (χ4v) is 2.56. The predicted molar refractivity (Wildman–Crippen MR) is 81.0 cm³/mol. The molecule has 2 N–H and O–H groups in total. The minimum Gasteiger partial charge on any atom is -0.324 e. The normalized spacial score (nSPS) is 12.4. The van der Waals surface area contributed by atoms with Crippen molar-refractivity contribution in [3.63, 3.8) is 0 Å². The lowest BCUT2D eigenvalue weighted by Gasteiger charge is -2.14. The van der Waals surface area contributed by atoms with Gasteiger partial charge in [-0.15, -0.1) is 0 Å². The topological polar surface area (TPSA) is 26.0 Å². The van der Waals surface area contributed by atoms with E-state index in [0.717, 1.165) is 27.0 Å². The average molecular weight is 325 g/mol. The molecule has 1 atom stereocenters. The van der Waals surface area contributed by atoms with Gasteiger partial charge < -0.3 is 5.73 Å². The Kier molecular flexibility index (Phi) is 4.44. The van der Waals surface area contributed by atoms with Crippen molar-refractivity contribution < 1.29 is 0 Å². The van der Waals surface area contributed by atoms with Crippen molar-refractivity contribution in [3.05, 3.63) is 68.7 Å². The molecule has 0 aliphatic carbocycles. The van der Waals surface area contributed by atoms with Gasteiger partial charge in [0, 0.05) is 15.5 Å². The molecule has 0 aliphatic rings. The van der Waals surface area contributed by atoms with Gasteiger partial charge in [-0.1, -0.05) is 51.8 Å². The zero-order valence-electron chi connectivity index (χ0n) is 10.2. The van der Waals surface area contributed by atoms with Crippen molar-refractivity contribution in [2.45, 2.75) is 19.4 Å². The summed E-state index contributed by atoms with van der Waals surface area (Å²) in [7, 11) is 0. The molecule has 0 saturated carbocycles. The molecule has 0 aliphatic heterocycles. The Morgan fingerprint density at radius 1 is 1.17 bits per heavy atom. The monoisotopic (exact) mass is 323 g/mol. The Balaban J connectivity index is 2.16. The van der Waals surface area contributed by atoms with Crippen molar-refractivity contribution in [1.29, 1.82) is 0 Å². The van der Waals surface area contributed by atoms with Crippen LogP contribution >= 0.6 is 27.5 Å². The molecule has 94 valence electrons. The molecular weight excluding hydrogens is 310 g/mol. The number of benzene rings is 2. The van der Waals surface area contributed by atoms with Gasteiger partial charge in [0.05, 0.1) is 0 Å². The molecule has 0 heterocycles. The molecule has 0 fully saturated rings. The van der Waals surface area contributed by atoms with Crippen molar-refractivity contribution in [3.8, 4) is 0 Å². The second kappa shape index (κ2) is 5.87. The Bertz CT molecular complexity index is 537. The highest BCUT2D eigenvalue weighted by atomic mass is 79.9. The lowest BCUT2D eigenvalue weighted by Crippen LogP contribution is -2.13. The van der Waals surface area contributed by atoms with Crippen LogP contribution in [-0.4, -0.2) is 0 Å². The SMILES string of the molecule is Cc1ccc(C(N)Cc2ccc(Br)cc2)c(Cl)c1. The Hall–Kier alpha value is -0.830. The molecule has 2 aromatic carbocycles. The van der Waals surface area contributed by atoms with Gasteiger partial charge in [-0.2, -0.15) is 0 Å².